The minimum atomic E-state index is -4.84. The molecule has 25 nitrogen and oxygen atoms in total. The van der Waals surface area contributed by atoms with Crippen LogP contribution < -0.4 is 49.1 Å². The number of methoxy groups -OCH3 is 4. The van der Waals surface area contributed by atoms with Crippen molar-refractivity contribution in [2.75, 3.05) is 39.1 Å². The SMILES string of the molecule is COc1ccc(NC(=O)C(Oc2nn(S(=O)(=O)c3ccc(C)cc3)c3ccc(OC)cc23)C(Oc2nn(S(=O)(=O)c3ccc(C)cc3)c3ccc(OC)cc23)(C(=O)NCc2ccccc2)C(Oc2nn(S(=O)(=O)c3ccc(C)cc3)c3ccc(OC)cc23)C(=O)Nc2ccc(Cl)cc2Cl)cc1. The van der Waals surface area contributed by atoms with Gasteiger partial charge < -0.3 is 49.1 Å². The molecule has 3 heterocycles. The van der Waals surface area contributed by atoms with Gasteiger partial charge in [0.25, 0.3) is 53.4 Å². The molecular weight excluding hydrogens is 1400 g/mol. The lowest BCUT2D eigenvalue weighted by Gasteiger charge is -2.41. The molecule has 3 amide bonds. The molecule has 0 bridgehead atoms. The summed E-state index contributed by atoms with van der Waals surface area (Å²) in [6.07, 6.45) is -5.79. The van der Waals surface area contributed by atoms with Crippen LogP contribution in [0.25, 0.3) is 32.7 Å². The molecule has 0 aliphatic carbocycles. The molecule has 0 saturated heterocycles. The number of benzene rings is 9. The zero-order valence-corrected chi connectivity index (χ0v) is 58.6. The maximum atomic E-state index is 17.3. The molecule has 0 spiro atoms. The average Bonchev–Trinajstić information content (AvgIpc) is 1.67. The number of carbonyl (C=O) groups is 3. The number of aromatic nitrogens is 6. The highest BCUT2D eigenvalue weighted by molar-refractivity contribution is 7.90. The van der Waals surface area contributed by atoms with E-state index in [9.17, 15) is 0 Å². The third-order valence-corrected chi connectivity index (χ3v) is 21.6. The number of anilines is 2. The largest absolute Gasteiger partial charge is 0.497 e. The molecule has 30 heteroatoms. The van der Waals surface area contributed by atoms with Gasteiger partial charge in [0.15, 0.2) is 0 Å². The highest BCUT2D eigenvalue weighted by atomic mass is 35.5. The molecule has 0 fully saturated rings. The molecule has 0 aliphatic rings. The first-order valence-corrected chi connectivity index (χ1v) is 35.7. The van der Waals surface area contributed by atoms with E-state index in [1.165, 1.54) is 162 Å². The Morgan fingerprint density at radius 2 is 0.842 bits per heavy atom. The Hall–Kier alpha value is -11.2. The fourth-order valence-electron chi connectivity index (χ4n) is 10.9. The van der Waals surface area contributed by atoms with Crippen LogP contribution in [0.15, 0.2) is 215 Å². The Labute approximate surface area is 589 Å². The molecule has 0 saturated carbocycles. The first kappa shape index (κ1) is 69.7. The van der Waals surface area contributed by atoms with Crippen molar-refractivity contribution in [2.45, 2.75) is 59.8 Å². The lowest BCUT2D eigenvalue weighted by Crippen LogP contribution is -2.73. The van der Waals surface area contributed by atoms with Crippen molar-refractivity contribution >= 4 is 115 Å². The van der Waals surface area contributed by atoms with E-state index in [4.69, 9.17) is 56.4 Å². The molecule has 12 aromatic rings. The molecule has 3 N–H and O–H groups in total. The molecular formula is C71H61Cl2N9O16S3. The van der Waals surface area contributed by atoms with E-state index in [0.717, 1.165) is 0 Å². The molecule has 3 unspecified atom stereocenters. The minimum absolute atomic E-state index is 0.0290. The number of nitrogens with one attached hydrogen (secondary N) is 3. The van der Waals surface area contributed by atoms with E-state index in [1.54, 1.807) is 87.5 Å². The van der Waals surface area contributed by atoms with Crippen molar-refractivity contribution in [2.24, 2.45) is 0 Å². The lowest BCUT2D eigenvalue weighted by atomic mass is 9.86. The van der Waals surface area contributed by atoms with Crippen LogP contribution in [0, 0.1) is 20.8 Å². The van der Waals surface area contributed by atoms with Gasteiger partial charge in [-0.05, 0) is 160 Å². The fraction of sp³-hybridized carbons (Fsp3) is 0.155. The lowest BCUT2D eigenvalue weighted by molar-refractivity contribution is -0.170. The highest BCUT2D eigenvalue weighted by Crippen LogP contribution is 2.43. The Kier molecular flexibility index (Phi) is 19.5. The fourth-order valence-corrected chi connectivity index (χ4v) is 15.2. The van der Waals surface area contributed by atoms with Crippen LogP contribution in [0.5, 0.6) is 40.6 Å². The standard InChI is InChI=1S/C71H61Cl2N9O16S3/c1-42-13-27-52(28-14-42)99(86,87)80-60-34-24-49(93-5)38-55(60)67(77-80)96-63(65(83)75-47-20-22-48(92-4)23-21-47)71(70(85)74-41-45-11-9-8-10-12-45,98-69-57-40-51(95-7)26-36-62(57)82(79-69)101(90,91)54-31-17-44(3)18-32-54)64(66(84)76-59-33-19-46(72)37-58(59)73)97-68-56-39-50(94-6)25-35-61(56)81(78-68)100(88,89)53-29-15-43(2)16-30-53/h8-40,63-64H,41H2,1-7H3,(H,74,85)(H,75,83)(H,76,84). The Bertz CT molecular complexity index is 5530. The van der Waals surface area contributed by atoms with Crippen molar-refractivity contribution < 1.29 is 72.8 Å². The molecule has 101 heavy (non-hydrogen) atoms. The van der Waals surface area contributed by atoms with Gasteiger partial charge in [-0.25, -0.2) is 0 Å². The van der Waals surface area contributed by atoms with E-state index in [-0.39, 0.29) is 86.1 Å². The summed E-state index contributed by atoms with van der Waals surface area (Å²) in [5, 5.41) is 21.3. The van der Waals surface area contributed by atoms with Gasteiger partial charge in [-0.3, -0.25) is 14.4 Å². The first-order valence-electron chi connectivity index (χ1n) is 30.6. The summed E-state index contributed by atoms with van der Waals surface area (Å²) in [5.74, 6) is -6.18. The second-order valence-corrected chi connectivity index (χ2v) is 29.1. The van der Waals surface area contributed by atoms with Crippen molar-refractivity contribution in [1.82, 2.24) is 32.9 Å². The number of carbonyl (C=O) groups excluding carboxylic acids is 3. The van der Waals surface area contributed by atoms with Crippen LogP contribution in [-0.4, -0.2) is 117 Å². The molecule has 9 aromatic carbocycles. The molecule has 3 aromatic heterocycles. The summed E-state index contributed by atoms with van der Waals surface area (Å²) in [6, 6.07) is 47.7. The number of amides is 3. The zero-order chi connectivity index (χ0) is 71.7. The Morgan fingerprint density at radius 3 is 1.25 bits per heavy atom. The number of hydrogen-bond acceptors (Lipinski definition) is 19. The number of ether oxygens (including phenoxy) is 7. The predicted molar refractivity (Wildman–Crippen MR) is 377 cm³/mol. The predicted octanol–water partition coefficient (Wildman–Crippen LogP) is 11.3. The van der Waals surface area contributed by atoms with E-state index in [2.05, 4.69) is 31.2 Å². The van der Waals surface area contributed by atoms with Crippen LogP contribution in [-0.2, 0) is 51.0 Å². The van der Waals surface area contributed by atoms with Crippen molar-refractivity contribution in [3.63, 3.8) is 0 Å². The van der Waals surface area contributed by atoms with Crippen molar-refractivity contribution in [3.8, 4) is 40.6 Å². The van der Waals surface area contributed by atoms with Gasteiger partial charge in [0, 0.05) is 17.3 Å². The van der Waals surface area contributed by atoms with Crippen LogP contribution in [0.4, 0.5) is 11.4 Å². The zero-order valence-electron chi connectivity index (χ0n) is 54.6. The smallest absolute Gasteiger partial charge is 0.283 e. The Morgan fingerprint density at radius 1 is 0.455 bits per heavy atom. The van der Waals surface area contributed by atoms with Crippen LogP contribution in [0.3, 0.4) is 0 Å². The minimum Gasteiger partial charge on any atom is -0.497 e. The van der Waals surface area contributed by atoms with Crippen molar-refractivity contribution in [1.29, 1.82) is 0 Å². The molecule has 518 valence electrons. The number of halogens is 2. The summed E-state index contributed by atoms with van der Waals surface area (Å²) < 4.78 is 137. The van der Waals surface area contributed by atoms with Gasteiger partial charge in [-0.2, -0.15) is 25.3 Å². The topological polar surface area (TPSA) is 308 Å². The second kappa shape index (κ2) is 28.2. The number of rotatable bonds is 25. The maximum absolute atomic E-state index is 17.3. The summed E-state index contributed by atoms with van der Waals surface area (Å²) >= 11 is 13.4. The number of nitrogens with zero attached hydrogens (tertiary/aromatic N) is 6. The van der Waals surface area contributed by atoms with Gasteiger partial charge in [0.05, 0.1) is 86.5 Å². The van der Waals surface area contributed by atoms with Gasteiger partial charge >= 0.3 is 0 Å². The van der Waals surface area contributed by atoms with E-state index >= 15 is 39.6 Å². The van der Waals surface area contributed by atoms with Gasteiger partial charge in [0.2, 0.25) is 29.8 Å². The molecule has 12 rings (SSSR count). The number of fused-ring (bicyclic) bond motifs is 3. The normalized spacial score (nSPS) is 13.0. The summed E-state index contributed by atoms with van der Waals surface area (Å²) in [6.45, 7) is 4.79. The second-order valence-electron chi connectivity index (χ2n) is 22.9. The van der Waals surface area contributed by atoms with Crippen LogP contribution in [0.1, 0.15) is 22.3 Å². The first-order chi connectivity index (χ1) is 48.4. The third kappa shape index (κ3) is 13.7. The summed E-state index contributed by atoms with van der Waals surface area (Å²) in [5.41, 5.74) is -2.03. The van der Waals surface area contributed by atoms with Gasteiger partial charge in [-0.15, -0.1) is 27.6 Å². The molecule has 3 atom stereocenters. The third-order valence-electron chi connectivity index (χ3n) is 16.3. The number of hydrogen-bond donors (Lipinski definition) is 3. The summed E-state index contributed by atoms with van der Waals surface area (Å²) in [7, 11) is -9.01. The van der Waals surface area contributed by atoms with Gasteiger partial charge in [0.1, 0.15) is 23.0 Å². The highest BCUT2D eigenvalue weighted by Gasteiger charge is 2.65. The van der Waals surface area contributed by atoms with Gasteiger partial charge in [-0.1, -0.05) is 107 Å². The quantitative estimate of drug-likeness (QED) is 0.0479. The number of aryl methyl sites for hydroxylation is 3. The van der Waals surface area contributed by atoms with Crippen LogP contribution >= 0.6 is 23.2 Å². The van der Waals surface area contributed by atoms with E-state index in [1.807, 2.05) is 0 Å². The van der Waals surface area contributed by atoms with Crippen LogP contribution in [0.2, 0.25) is 10.0 Å². The van der Waals surface area contributed by atoms with Crippen molar-refractivity contribution in [3.05, 3.63) is 232 Å². The van der Waals surface area contributed by atoms with E-state index in [0.29, 0.717) is 40.3 Å². The Balaban J connectivity index is 1.23. The average molecular weight is 1460 g/mol. The summed E-state index contributed by atoms with van der Waals surface area (Å²) in [4.78, 5) is 50.2. The molecule has 0 radical (unpaired) electrons. The van der Waals surface area contributed by atoms with E-state index < -0.39 is 89.8 Å². The molecule has 0 aliphatic heterocycles. The monoisotopic (exact) mass is 1460 g/mol. The maximum Gasteiger partial charge on any atom is 0.283 e.